The van der Waals surface area contributed by atoms with Crippen LogP contribution in [0.5, 0.6) is 5.75 Å². The van der Waals surface area contributed by atoms with Gasteiger partial charge in [0.1, 0.15) is 5.75 Å². The Morgan fingerprint density at radius 2 is 1.82 bits per heavy atom. The van der Waals surface area contributed by atoms with E-state index >= 15 is 0 Å². The molecule has 0 aliphatic rings. The molecule has 3 heteroatoms. The minimum atomic E-state index is 0.573. The van der Waals surface area contributed by atoms with E-state index in [4.69, 9.17) is 4.74 Å². The van der Waals surface area contributed by atoms with Crippen molar-refractivity contribution in [3.05, 3.63) is 65.7 Å². The van der Waals surface area contributed by atoms with Crippen LogP contribution in [0.15, 0.2) is 48.5 Å². The van der Waals surface area contributed by atoms with E-state index in [1.54, 1.807) is 0 Å². The molecule has 0 radical (unpaired) electrons. The van der Waals surface area contributed by atoms with Crippen LogP contribution in [0, 0.1) is 13.0 Å². The number of rotatable bonds is 3. The van der Waals surface area contributed by atoms with Crippen molar-refractivity contribution in [3.63, 3.8) is 0 Å². The number of aryl methyl sites for hydroxylation is 1. The predicted molar refractivity (Wildman–Crippen MR) is 69.7 cm³/mol. The zero-order valence-electron chi connectivity index (χ0n) is 9.82. The molecule has 0 saturated carbocycles. The molecule has 2 aromatic carbocycles. The van der Waals surface area contributed by atoms with Crippen molar-refractivity contribution in [1.29, 1.82) is 0 Å². The topological polar surface area (TPSA) is 9.23 Å². The van der Waals surface area contributed by atoms with Crippen LogP contribution in [0.2, 0.25) is 0 Å². The van der Waals surface area contributed by atoms with Gasteiger partial charge < -0.3 is 4.74 Å². The fraction of sp³-hybridized carbons (Fsp3) is 0.143. The molecule has 0 spiro atoms. The molecular formula is C14H13BrOZn. The van der Waals surface area contributed by atoms with E-state index in [1.807, 2.05) is 48.5 Å². The monoisotopic (exact) mass is 340 g/mol. The van der Waals surface area contributed by atoms with E-state index in [0.717, 1.165) is 11.3 Å². The second-order valence-electron chi connectivity index (χ2n) is 3.49. The average molecular weight is 343 g/mol. The molecule has 2 aromatic rings. The molecule has 0 bridgehead atoms. The van der Waals surface area contributed by atoms with Gasteiger partial charge >= 0.3 is 30.0 Å². The zero-order chi connectivity index (χ0) is 12.5. The molecule has 1 nitrogen and oxygen atoms in total. The summed E-state index contributed by atoms with van der Waals surface area (Å²) in [5.74, 6) is 0.901. The number of halogens is 1. The molecule has 0 unspecified atom stereocenters. The molecule has 0 aliphatic heterocycles. The Kier molecular flexibility index (Phi) is 7.15. The summed E-state index contributed by atoms with van der Waals surface area (Å²) in [6, 6.07) is 19.0. The third-order valence-electron chi connectivity index (χ3n) is 2.19. The molecule has 0 atom stereocenters. The normalized spacial score (nSPS) is 9.18. The molecule has 17 heavy (non-hydrogen) atoms. The van der Waals surface area contributed by atoms with Crippen LogP contribution in [0.3, 0.4) is 0 Å². The van der Waals surface area contributed by atoms with E-state index in [9.17, 15) is 0 Å². The summed E-state index contributed by atoms with van der Waals surface area (Å²) in [6.45, 7) is 2.64. The Labute approximate surface area is 119 Å². The van der Waals surface area contributed by atoms with Crippen molar-refractivity contribution >= 4 is 13.6 Å². The van der Waals surface area contributed by atoms with Crippen LogP contribution >= 0.6 is 13.6 Å². The first-order valence-electron chi connectivity index (χ1n) is 5.26. The van der Waals surface area contributed by atoms with Gasteiger partial charge in [-0.05, 0) is 19.1 Å². The molecule has 0 N–H and O–H groups in total. The first kappa shape index (κ1) is 14.4. The van der Waals surface area contributed by atoms with Gasteiger partial charge in [0, 0.05) is 0 Å². The van der Waals surface area contributed by atoms with Crippen LogP contribution in [-0.2, 0) is 22.9 Å². The van der Waals surface area contributed by atoms with Crippen LogP contribution in [0.25, 0.3) is 0 Å². The van der Waals surface area contributed by atoms with Gasteiger partial charge in [0.25, 0.3) is 0 Å². The van der Waals surface area contributed by atoms with Crippen molar-refractivity contribution in [2.45, 2.75) is 13.5 Å². The summed E-state index contributed by atoms with van der Waals surface area (Å²) >= 11 is 4.25. The number of hydrogen-bond donors (Lipinski definition) is 0. The van der Waals surface area contributed by atoms with Crippen molar-refractivity contribution in [2.75, 3.05) is 0 Å². The van der Waals surface area contributed by atoms with Gasteiger partial charge in [-0.1, -0.05) is 17.7 Å². The van der Waals surface area contributed by atoms with E-state index < -0.39 is 0 Å². The van der Waals surface area contributed by atoms with E-state index in [1.165, 1.54) is 21.9 Å². The first-order chi connectivity index (χ1) is 8.34. The standard InChI is InChI=1S/C14H13O.BrH.Zn/c1-12-7-9-14(10-8-12)15-11-13-5-3-2-4-6-13;;/h2-5,7-10H,11H2,1H3;1H;/q-1;;+2/p-1. The Balaban J connectivity index is 0.000000686. The zero-order valence-corrected chi connectivity index (χ0v) is 14.4. The van der Waals surface area contributed by atoms with Gasteiger partial charge in [-0.25, -0.2) is 0 Å². The summed E-state index contributed by atoms with van der Waals surface area (Å²) < 4.78 is 5.62. The quantitative estimate of drug-likeness (QED) is 0.599. The Bertz CT molecular complexity index is 414. The second kappa shape index (κ2) is 8.44. The van der Waals surface area contributed by atoms with E-state index in [2.05, 4.69) is 26.6 Å². The van der Waals surface area contributed by atoms with Gasteiger partial charge in [0.15, 0.2) is 0 Å². The third kappa shape index (κ3) is 5.47. The van der Waals surface area contributed by atoms with Crippen LogP contribution in [-0.4, -0.2) is 0 Å². The van der Waals surface area contributed by atoms with Gasteiger partial charge in [-0.2, -0.15) is 30.3 Å². The molecule has 0 aliphatic carbocycles. The molecule has 0 heterocycles. The molecule has 84 valence electrons. The molecule has 0 amide bonds. The van der Waals surface area contributed by atoms with E-state index in [-0.39, 0.29) is 0 Å². The van der Waals surface area contributed by atoms with Crippen molar-refractivity contribution in [1.82, 2.24) is 0 Å². The number of benzene rings is 2. The first-order valence-corrected chi connectivity index (χ1v) is 12.2. The maximum atomic E-state index is 5.62. The third-order valence-corrected chi connectivity index (χ3v) is 2.19. The van der Waals surface area contributed by atoms with Gasteiger partial charge in [-0.3, -0.25) is 0 Å². The van der Waals surface area contributed by atoms with Crippen LogP contribution < -0.4 is 4.74 Å². The SMILES string of the molecule is Cc1ccc(OCc2[c-]cccc2)cc1.[Zn+][Br]. The molecule has 2 rings (SSSR count). The summed E-state index contributed by atoms with van der Waals surface area (Å²) in [5, 5.41) is 0. The van der Waals surface area contributed by atoms with Crippen molar-refractivity contribution < 1.29 is 21.1 Å². The Morgan fingerprint density at radius 1 is 1.12 bits per heavy atom. The minimum absolute atomic E-state index is 0.573. The van der Waals surface area contributed by atoms with Crippen molar-refractivity contribution in [3.8, 4) is 5.75 Å². The molecule has 0 saturated heterocycles. The summed E-state index contributed by atoms with van der Waals surface area (Å²) in [7, 11) is 0. The van der Waals surface area contributed by atoms with E-state index in [0.29, 0.717) is 6.61 Å². The summed E-state index contributed by atoms with van der Waals surface area (Å²) in [5.41, 5.74) is 2.31. The van der Waals surface area contributed by atoms with Crippen molar-refractivity contribution in [2.24, 2.45) is 0 Å². The molecule has 0 fully saturated rings. The van der Waals surface area contributed by atoms with Gasteiger partial charge in [-0.15, -0.1) is 5.56 Å². The average Bonchev–Trinajstić information content (AvgIpc) is 2.42. The van der Waals surface area contributed by atoms with Gasteiger partial charge in [0.05, 0.1) is 6.61 Å². The number of ether oxygens (including phenoxy) is 1. The van der Waals surface area contributed by atoms with Crippen LogP contribution in [0.1, 0.15) is 11.1 Å². The summed E-state index contributed by atoms with van der Waals surface area (Å²) in [6.07, 6.45) is 0. The summed E-state index contributed by atoms with van der Waals surface area (Å²) in [4.78, 5) is 0. The van der Waals surface area contributed by atoms with Crippen LogP contribution in [0.4, 0.5) is 0 Å². The fourth-order valence-electron chi connectivity index (χ4n) is 1.32. The Morgan fingerprint density at radius 3 is 2.41 bits per heavy atom. The van der Waals surface area contributed by atoms with Gasteiger partial charge in [0.2, 0.25) is 0 Å². The number of hydrogen-bond acceptors (Lipinski definition) is 1. The molecular weight excluding hydrogens is 329 g/mol. The maximum absolute atomic E-state index is 5.62. The fourth-order valence-corrected chi connectivity index (χ4v) is 1.32. The second-order valence-corrected chi connectivity index (χ2v) is 3.49. The Hall–Kier alpha value is -0.657. The predicted octanol–water partition coefficient (Wildman–Crippen LogP) is 4.22. The molecule has 0 aromatic heterocycles.